The van der Waals surface area contributed by atoms with Gasteiger partial charge in [-0.25, -0.2) is 4.79 Å². The van der Waals surface area contributed by atoms with Crippen molar-refractivity contribution in [3.8, 4) is 0 Å². The van der Waals surface area contributed by atoms with Crippen molar-refractivity contribution < 1.29 is 19.1 Å². The van der Waals surface area contributed by atoms with Crippen molar-refractivity contribution in [3.63, 3.8) is 0 Å². The van der Waals surface area contributed by atoms with Gasteiger partial charge in [-0.05, 0) is 79.4 Å². The topological polar surface area (TPSA) is 52.6 Å². The van der Waals surface area contributed by atoms with Crippen LogP contribution in [0.25, 0.3) is 11.1 Å². The van der Waals surface area contributed by atoms with E-state index >= 15 is 0 Å². The van der Waals surface area contributed by atoms with E-state index in [1.807, 2.05) is 38.1 Å². The minimum absolute atomic E-state index is 0.134. The zero-order valence-electron chi connectivity index (χ0n) is 19.1. The molecule has 2 aliphatic rings. The smallest absolute Gasteiger partial charge is 0.331 e. The molecule has 0 amide bonds. The summed E-state index contributed by atoms with van der Waals surface area (Å²) < 4.78 is 9.92. The van der Waals surface area contributed by atoms with Crippen molar-refractivity contribution in [1.82, 2.24) is 0 Å². The lowest BCUT2D eigenvalue weighted by Crippen LogP contribution is -2.07. The van der Waals surface area contributed by atoms with Gasteiger partial charge in [-0.1, -0.05) is 54.6 Å². The number of esters is 2. The Bertz CT molecular complexity index is 1000. The molecule has 2 aliphatic carbocycles. The molecular weight excluding hydrogens is 400 g/mol. The van der Waals surface area contributed by atoms with Gasteiger partial charge in [0.15, 0.2) is 0 Å². The van der Waals surface area contributed by atoms with E-state index in [-0.39, 0.29) is 11.9 Å². The maximum atomic E-state index is 11.5. The van der Waals surface area contributed by atoms with Crippen LogP contribution in [0.4, 0.5) is 0 Å². The zero-order valence-corrected chi connectivity index (χ0v) is 19.1. The van der Waals surface area contributed by atoms with Crippen molar-refractivity contribution in [1.29, 1.82) is 0 Å². The molecule has 0 atom stereocenters. The molecule has 0 saturated carbocycles. The van der Waals surface area contributed by atoms with Crippen LogP contribution in [-0.4, -0.2) is 25.2 Å². The highest BCUT2D eigenvalue weighted by atomic mass is 16.5. The van der Waals surface area contributed by atoms with Crippen molar-refractivity contribution in [3.05, 3.63) is 82.9 Å². The number of hydrogen-bond acceptors (Lipinski definition) is 4. The van der Waals surface area contributed by atoms with Gasteiger partial charge in [0.05, 0.1) is 19.6 Å². The largest absolute Gasteiger partial charge is 0.466 e. The maximum Gasteiger partial charge on any atom is 0.331 e. The van der Waals surface area contributed by atoms with Gasteiger partial charge < -0.3 is 9.47 Å². The Hall–Kier alpha value is -3.14. The van der Waals surface area contributed by atoms with Crippen LogP contribution in [0.1, 0.15) is 61.8 Å². The van der Waals surface area contributed by atoms with Crippen LogP contribution in [0.15, 0.2) is 60.7 Å². The lowest BCUT2D eigenvalue weighted by atomic mass is 9.87. The second-order valence-corrected chi connectivity index (χ2v) is 7.84. The number of benzene rings is 2. The number of carbonyl (C=O) groups is 2. The first-order chi connectivity index (χ1) is 15.6. The molecule has 0 radical (unpaired) electrons. The molecule has 0 saturated heterocycles. The first-order valence-electron chi connectivity index (χ1n) is 11.5. The van der Waals surface area contributed by atoms with Gasteiger partial charge in [0.1, 0.15) is 0 Å². The number of carbonyl (C=O) groups excluding carboxylic acids is 2. The SMILES string of the molecule is CCOC(=O)C=C1CCCc2ccccc21.CCOC(=O)CC1=CCCc2ccccc21. The molecule has 0 aliphatic heterocycles. The predicted octanol–water partition coefficient (Wildman–Crippen LogP) is 5.94. The zero-order chi connectivity index (χ0) is 22.8. The van der Waals surface area contributed by atoms with Gasteiger partial charge in [-0.3, -0.25) is 4.79 Å². The molecule has 4 rings (SSSR count). The number of hydrogen-bond donors (Lipinski definition) is 0. The molecule has 0 spiro atoms. The quantitative estimate of drug-likeness (QED) is 0.433. The van der Waals surface area contributed by atoms with E-state index in [0.29, 0.717) is 19.6 Å². The molecule has 168 valence electrons. The molecule has 0 N–H and O–H groups in total. The summed E-state index contributed by atoms with van der Waals surface area (Å²) in [5.41, 5.74) is 7.32. The first-order valence-corrected chi connectivity index (χ1v) is 11.5. The third-order valence-electron chi connectivity index (χ3n) is 5.64. The minimum Gasteiger partial charge on any atom is -0.466 e. The van der Waals surface area contributed by atoms with Crippen LogP contribution in [0, 0.1) is 0 Å². The highest BCUT2D eigenvalue weighted by Crippen LogP contribution is 2.30. The highest BCUT2D eigenvalue weighted by molar-refractivity contribution is 5.92. The highest BCUT2D eigenvalue weighted by Gasteiger charge is 2.15. The van der Waals surface area contributed by atoms with Crippen molar-refractivity contribution in [2.75, 3.05) is 13.2 Å². The molecule has 2 aromatic rings. The number of fused-ring (bicyclic) bond motifs is 2. The molecule has 0 aromatic heterocycles. The van der Waals surface area contributed by atoms with Crippen LogP contribution >= 0.6 is 0 Å². The Balaban J connectivity index is 0.000000181. The third-order valence-corrected chi connectivity index (χ3v) is 5.64. The molecule has 2 aromatic carbocycles. The summed E-state index contributed by atoms with van der Waals surface area (Å²) >= 11 is 0. The Kier molecular flexibility index (Phi) is 8.85. The second-order valence-electron chi connectivity index (χ2n) is 7.84. The van der Waals surface area contributed by atoms with Gasteiger partial charge in [0.25, 0.3) is 0 Å². The Labute approximate surface area is 190 Å². The normalized spacial score (nSPS) is 15.4. The van der Waals surface area contributed by atoms with Crippen molar-refractivity contribution >= 4 is 23.1 Å². The number of ether oxygens (including phenoxy) is 2. The molecule has 0 bridgehead atoms. The molecular formula is C28H32O4. The first kappa shape index (κ1) is 23.5. The van der Waals surface area contributed by atoms with E-state index in [2.05, 4.69) is 30.3 Å². The second kappa shape index (κ2) is 12.0. The monoisotopic (exact) mass is 432 g/mol. The lowest BCUT2D eigenvalue weighted by molar-refractivity contribution is -0.142. The van der Waals surface area contributed by atoms with E-state index in [1.54, 1.807) is 6.08 Å². The molecule has 4 heteroatoms. The summed E-state index contributed by atoms with van der Waals surface area (Å²) in [6.45, 7) is 4.55. The third kappa shape index (κ3) is 6.43. The number of allylic oxidation sites excluding steroid dienone is 2. The Morgan fingerprint density at radius 1 is 0.844 bits per heavy atom. The average Bonchev–Trinajstić information content (AvgIpc) is 2.80. The van der Waals surface area contributed by atoms with Crippen LogP contribution in [0.2, 0.25) is 0 Å². The fourth-order valence-corrected chi connectivity index (χ4v) is 4.23. The number of aryl methyl sites for hydroxylation is 2. The standard InChI is InChI=1S/2C14H16O2/c2*1-2-16-14(15)10-12-8-5-7-11-6-3-4-9-13(11)12/h3-4,6,9-10H,2,5,7-8H2,1H3;3-4,6,8-9H,2,5,7,10H2,1H3. The lowest BCUT2D eigenvalue weighted by Gasteiger charge is -2.18. The summed E-state index contributed by atoms with van der Waals surface area (Å²) in [6.07, 6.45) is 9.47. The molecule has 0 fully saturated rings. The molecule has 32 heavy (non-hydrogen) atoms. The van der Waals surface area contributed by atoms with E-state index in [1.165, 1.54) is 22.3 Å². The molecule has 0 heterocycles. The summed E-state index contributed by atoms with van der Waals surface area (Å²) in [6, 6.07) is 16.6. The summed E-state index contributed by atoms with van der Waals surface area (Å²) in [4.78, 5) is 22.9. The van der Waals surface area contributed by atoms with Gasteiger partial charge in [0.2, 0.25) is 0 Å². The number of rotatable bonds is 5. The van der Waals surface area contributed by atoms with E-state index in [4.69, 9.17) is 9.47 Å². The fraction of sp³-hybridized carbons (Fsp3) is 0.357. The minimum atomic E-state index is -0.228. The van der Waals surface area contributed by atoms with Crippen LogP contribution in [0.5, 0.6) is 0 Å². The van der Waals surface area contributed by atoms with Gasteiger partial charge in [0, 0.05) is 6.08 Å². The summed E-state index contributed by atoms with van der Waals surface area (Å²) in [5.74, 6) is -0.361. The van der Waals surface area contributed by atoms with Crippen molar-refractivity contribution in [2.45, 2.75) is 52.4 Å². The van der Waals surface area contributed by atoms with E-state index in [9.17, 15) is 9.59 Å². The van der Waals surface area contributed by atoms with E-state index < -0.39 is 0 Å². The Morgan fingerprint density at radius 2 is 1.50 bits per heavy atom. The summed E-state index contributed by atoms with van der Waals surface area (Å²) in [5, 5.41) is 0. The molecule has 0 unspecified atom stereocenters. The molecule has 4 nitrogen and oxygen atoms in total. The Morgan fingerprint density at radius 3 is 2.22 bits per heavy atom. The van der Waals surface area contributed by atoms with Gasteiger partial charge in [-0.15, -0.1) is 0 Å². The fourth-order valence-electron chi connectivity index (χ4n) is 4.23. The van der Waals surface area contributed by atoms with Gasteiger partial charge in [-0.2, -0.15) is 0 Å². The van der Waals surface area contributed by atoms with Crippen molar-refractivity contribution in [2.24, 2.45) is 0 Å². The predicted molar refractivity (Wildman–Crippen MR) is 128 cm³/mol. The van der Waals surface area contributed by atoms with E-state index in [0.717, 1.165) is 43.3 Å². The van der Waals surface area contributed by atoms with Crippen LogP contribution in [-0.2, 0) is 31.9 Å². The van der Waals surface area contributed by atoms with Gasteiger partial charge >= 0.3 is 11.9 Å². The average molecular weight is 433 g/mol. The van der Waals surface area contributed by atoms with Crippen LogP contribution in [0.3, 0.4) is 0 Å². The van der Waals surface area contributed by atoms with Crippen LogP contribution < -0.4 is 0 Å². The summed E-state index contributed by atoms with van der Waals surface area (Å²) in [7, 11) is 0. The maximum absolute atomic E-state index is 11.5.